The fourth-order valence-electron chi connectivity index (χ4n) is 3.18. The first-order valence-electron chi connectivity index (χ1n) is 9.39. The van der Waals surface area contributed by atoms with E-state index >= 15 is 0 Å². The largest absolute Gasteiger partial charge is 0.356 e. The lowest BCUT2D eigenvalue weighted by Crippen LogP contribution is -2.42. The Hall–Kier alpha value is -2.11. The maximum atomic E-state index is 12.0. The number of carbonyl (C=O) groups excluding carboxylic acids is 1. The monoisotopic (exact) mass is 345 g/mol. The molecule has 1 aromatic heterocycles. The normalized spacial score (nSPS) is 15.6. The lowest BCUT2D eigenvalue weighted by molar-refractivity contribution is -0.122. The molecule has 1 heterocycles. The lowest BCUT2D eigenvalue weighted by Gasteiger charge is -2.20. The molecule has 3 N–H and O–H groups in total. The third kappa shape index (κ3) is 8.01. The van der Waals surface area contributed by atoms with Gasteiger partial charge in [0.05, 0.1) is 0 Å². The van der Waals surface area contributed by atoms with Crippen LogP contribution in [0.1, 0.15) is 44.2 Å². The molecular formula is C19H31N5O. The van der Waals surface area contributed by atoms with E-state index in [1.54, 1.807) is 13.2 Å². The van der Waals surface area contributed by atoms with Crippen molar-refractivity contribution in [3.8, 4) is 0 Å². The molecule has 1 aliphatic rings. The first-order valence-corrected chi connectivity index (χ1v) is 9.39. The summed E-state index contributed by atoms with van der Waals surface area (Å²) in [5.74, 6) is 1.51. The van der Waals surface area contributed by atoms with Crippen molar-refractivity contribution >= 4 is 11.9 Å². The molecule has 1 aliphatic carbocycles. The van der Waals surface area contributed by atoms with Crippen LogP contribution >= 0.6 is 0 Å². The summed E-state index contributed by atoms with van der Waals surface area (Å²) in [6.45, 7) is 2.05. The summed E-state index contributed by atoms with van der Waals surface area (Å²) in [6.07, 6.45) is 9.63. The van der Waals surface area contributed by atoms with Crippen LogP contribution in [-0.2, 0) is 11.2 Å². The minimum Gasteiger partial charge on any atom is -0.356 e. The number of hydrogen-bond donors (Lipinski definition) is 3. The summed E-state index contributed by atoms with van der Waals surface area (Å²) in [6, 6.07) is 5.92. The summed E-state index contributed by atoms with van der Waals surface area (Å²) in [5.41, 5.74) is 1.06. The highest BCUT2D eigenvalue weighted by Crippen LogP contribution is 2.25. The first kappa shape index (κ1) is 19.2. The van der Waals surface area contributed by atoms with Crippen LogP contribution in [0.3, 0.4) is 0 Å². The standard InChI is InChI=1S/C19H31N5O/c1-20-19(23-12-10-17-9-5-6-11-21-17)24-14-13-22-18(25)15-16-7-3-2-4-8-16/h5-6,9,11,16H,2-4,7-8,10,12-15H2,1H3,(H,22,25)(H2,20,23,24). The predicted molar refractivity (Wildman–Crippen MR) is 102 cm³/mol. The Balaban J connectivity index is 1.53. The van der Waals surface area contributed by atoms with Crippen molar-refractivity contribution in [2.24, 2.45) is 10.9 Å². The van der Waals surface area contributed by atoms with Crippen molar-refractivity contribution in [3.05, 3.63) is 30.1 Å². The van der Waals surface area contributed by atoms with Crippen molar-refractivity contribution in [1.82, 2.24) is 20.9 Å². The topological polar surface area (TPSA) is 78.4 Å². The van der Waals surface area contributed by atoms with Crippen LogP contribution in [0.2, 0.25) is 0 Å². The number of nitrogens with zero attached hydrogens (tertiary/aromatic N) is 2. The molecular weight excluding hydrogens is 314 g/mol. The molecule has 0 aliphatic heterocycles. The molecule has 2 rings (SSSR count). The molecule has 1 amide bonds. The number of hydrogen-bond acceptors (Lipinski definition) is 3. The van der Waals surface area contributed by atoms with Gasteiger partial charge in [0, 0.05) is 51.4 Å². The molecule has 1 aromatic rings. The summed E-state index contributed by atoms with van der Waals surface area (Å²) in [4.78, 5) is 20.4. The zero-order valence-electron chi connectivity index (χ0n) is 15.3. The molecule has 0 unspecified atom stereocenters. The van der Waals surface area contributed by atoms with Crippen molar-refractivity contribution in [3.63, 3.8) is 0 Å². The molecule has 1 fully saturated rings. The van der Waals surface area contributed by atoms with Gasteiger partial charge in [0.25, 0.3) is 0 Å². The smallest absolute Gasteiger partial charge is 0.220 e. The summed E-state index contributed by atoms with van der Waals surface area (Å²) < 4.78 is 0. The van der Waals surface area contributed by atoms with Gasteiger partial charge in [0.15, 0.2) is 5.96 Å². The summed E-state index contributed by atoms with van der Waals surface area (Å²) >= 11 is 0. The Morgan fingerprint density at radius 3 is 2.60 bits per heavy atom. The fraction of sp³-hybridized carbons (Fsp3) is 0.632. The van der Waals surface area contributed by atoms with Gasteiger partial charge in [-0.3, -0.25) is 14.8 Å². The SMILES string of the molecule is CN=C(NCCNC(=O)CC1CCCCC1)NCCc1ccccn1. The lowest BCUT2D eigenvalue weighted by atomic mass is 9.87. The van der Waals surface area contributed by atoms with Crippen LogP contribution in [0.25, 0.3) is 0 Å². The van der Waals surface area contributed by atoms with Crippen LogP contribution in [0.5, 0.6) is 0 Å². The van der Waals surface area contributed by atoms with Gasteiger partial charge in [-0.1, -0.05) is 25.3 Å². The highest BCUT2D eigenvalue weighted by atomic mass is 16.1. The molecule has 6 nitrogen and oxygen atoms in total. The second-order valence-electron chi connectivity index (χ2n) is 6.55. The van der Waals surface area contributed by atoms with Crippen LogP contribution in [0, 0.1) is 5.92 Å². The minimum absolute atomic E-state index is 0.173. The van der Waals surface area contributed by atoms with E-state index < -0.39 is 0 Å². The second-order valence-corrected chi connectivity index (χ2v) is 6.55. The van der Waals surface area contributed by atoms with Gasteiger partial charge in [0.1, 0.15) is 0 Å². The van der Waals surface area contributed by atoms with Gasteiger partial charge in [-0.2, -0.15) is 0 Å². The van der Waals surface area contributed by atoms with Gasteiger partial charge >= 0.3 is 0 Å². The van der Waals surface area contributed by atoms with E-state index in [2.05, 4.69) is 25.9 Å². The Morgan fingerprint density at radius 2 is 1.88 bits per heavy atom. The molecule has 0 bridgehead atoms. The second kappa shape index (κ2) is 11.4. The molecule has 6 heteroatoms. The van der Waals surface area contributed by atoms with Crippen molar-refractivity contribution in [2.45, 2.75) is 44.9 Å². The van der Waals surface area contributed by atoms with E-state index in [9.17, 15) is 4.79 Å². The minimum atomic E-state index is 0.173. The van der Waals surface area contributed by atoms with Crippen LogP contribution in [-0.4, -0.2) is 43.5 Å². The van der Waals surface area contributed by atoms with Gasteiger partial charge in [-0.05, 0) is 30.9 Å². The Labute approximate surface area is 150 Å². The highest BCUT2D eigenvalue weighted by molar-refractivity contribution is 5.79. The molecule has 25 heavy (non-hydrogen) atoms. The number of pyridine rings is 1. The van der Waals surface area contributed by atoms with Crippen LogP contribution < -0.4 is 16.0 Å². The average molecular weight is 345 g/mol. The van der Waals surface area contributed by atoms with Crippen molar-refractivity contribution in [1.29, 1.82) is 0 Å². The quantitative estimate of drug-likeness (QED) is 0.382. The van der Waals surface area contributed by atoms with E-state index in [4.69, 9.17) is 0 Å². The number of nitrogens with one attached hydrogen (secondary N) is 3. The van der Waals surface area contributed by atoms with Crippen molar-refractivity contribution in [2.75, 3.05) is 26.7 Å². The number of aliphatic imine (C=N–C) groups is 1. The molecule has 0 spiro atoms. The molecule has 138 valence electrons. The third-order valence-corrected chi connectivity index (χ3v) is 4.56. The number of guanidine groups is 1. The molecule has 0 saturated heterocycles. The molecule has 0 radical (unpaired) electrons. The zero-order valence-corrected chi connectivity index (χ0v) is 15.3. The number of carbonyl (C=O) groups is 1. The van der Waals surface area contributed by atoms with Crippen LogP contribution in [0.4, 0.5) is 0 Å². The number of amides is 1. The van der Waals surface area contributed by atoms with Gasteiger partial charge in [0.2, 0.25) is 5.91 Å². The molecule has 0 atom stereocenters. The molecule has 0 aromatic carbocycles. The zero-order chi connectivity index (χ0) is 17.7. The number of rotatable bonds is 8. The fourth-order valence-corrected chi connectivity index (χ4v) is 3.18. The van der Waals surface area contributed by atoms with Gasteiger partial charge in [-0.15, -0.1) is 0 Å². The Bertz CT molecular complexity index is 526. The Morgan fingerprint density at radius 1 is 1.12 bits per heavy atom. The Kier molecular flexibility index (Phi) is 8.80. The van der Waals surface area contributed by atoms with E-state index in [1.807, 2.05) is 18.2 Å². The average Bonchev–Trinajstić information content (AvgIpc) is 2.65. The number of aromatic nitrogens is 1. The van der Waals surface area contributed by atoms with E-state index in [-0.39, 0.29) is 5.91 Å². The van der Waals surface area contributed by atoms with E-state index in [0.717, 1.165) is 24.6 Å². The van der Waals surface area contributed by atoms with E-state index in [0.29, 0.717) is 25.4 Å². The highest BCUT2D eigenvalue weighted by Gasteiger charge is 2.16. The van der Waals surface area contributed by atoms with Gasteiger partial charge < -0.3 is 16.0 Å². The van der Waals surface area contributed by atoms with Gasteiger partial charge in [-0.25, -0.2) is 0 Å². The van der Waals surface area contributed by atoms with Crippen molar-refractivity contribution < 1.29 is 4.79 Å². The maximum absolute atomic E-state index is 12.0. The third-order valence-electron chi connectivity index (χ3n) is 4.56. The predicted octanol–water partition coefficient (Wildman–Crippen LogP) is 1.88. The summed E-state index contributed by atoms with van der Waals surface area (Å²) in [7, 11) is 1.75. The maximum Gasteiger partial charge on any atom is 0.220 e. The van der Waals surface area contributed by atoms with Crippen LogP contribution in [0.15, 0.2) is 29.4 Å². The molecule has 1 saturated carbocycles. The first-order chi connectivity index (χ1) is 12.3. The van der Waals surface area contributed by atoms with E-state index in [1.165, 1.54) is 32.1 Å². The summed E-state index contributed by atoms with van der Waals surface area (Å²) in [5, 5.41) is 9.47.